The monoisotopic (exact) mass is 258 g/mol. The summed E-state index contributed by atoms with van der Waals surface area (Å²) in [5, 5.41) is 12.0. The number of aromatic carboxylic acids is 1. The van der Waals surface area contributed by atoms with Gasteiger partial charge < -0.3 is 10.4 Å². The van der Waals surface area contributed by atoms with Crippen molar-refractivity contribution in [3.63, 3.8) is 0 Å². The van der Waals surface area contributed by atoms with Crippen molar-refractivity contribution in [3.05, 3.63) is 23.6 Å². The molecule has 0 radical (unpaired) electrons. The van der Waals surface area contributed by atoms with Gasteiger partial charge in [-0.25, -0.2) is 14.2 Å². The van der Waals surface area contributed by atoms with Crippen molar-refractivity contribution in [2.75, 3.05) is 18.1 Å². The molecule has 4 nitrogen and oxygen atoms in total. The van der Waals surface area contributed by atoms with E-state index in [9.17, 15) is 9.18 Å². The first-order valence-corrected chi connectivity index (χ1v) is 6.49. The summed E-state index contributed by atoms with van der Waals surface area (Å²) in [5.74, 6) is -2.10. The van der Waals surface area contributed by atoms with Crippen molar-refractivity contribution in [2.45, 2.75) is 18.6 Å². The molecule has 0 aliphatic heterocycles. The maximum absolute atomic E-state index is 13.6. The highest BCUT2D eigenvalue weighted by molar-refractivity contribution is 7.99. The Morgan fingerprint density at radius 1 is 1.71 bits per heavy atom. The number of nitrogens with zero attached hydrogens (tertiary/aromatic N) is 1. The zero-order valence-corrected chi connectivity index (χ0v) is 10.6. The SMILES string of the molecule is CSC(C)CCNc1nccc(C(=O)O)c1F. The highest BCUT2D eigenvalue weighted by Crippen LogP contribution is 2.16. The van der Waals surface area contributed by atoms with Crippen LogP contribution in [0, 0.1) is 5.82 Å². The molecule has 1 aromatic heterocycles. The Kier molecular flexibility index (Phi) is 5.21. The maximum Gasteiger partial charge on any atom is 0.338 e. The minimum atomic E-state index is -1.29. The van der Waals surface area contributed by atoms with Crippen molar-refractivity contribution in [3.8, 4) is 0 Å². The van der Waals surface area contributed by atoms with E-state index in [0.717, 1.165) is 12.5 Å². The van der Waals surface area contributed by atoms with Crippen LogP contribution in [0.25, 0.3) is 0 Å². The number of aromatic nitrogens is 1. The number of carboxylic acid groups (broad SMARTS) is 1. The van der Waals surface area contributed by atoms with E-state index >= 15 is 0 Å². The van der Waals surface area contributed by atoms with Crippen LogP contribution in [0.15, 0.2) is 12.3 Å². The summed E-state index contributed by atoms with van der Waals surface area (Å²) in [6, 6.07) is 1.15. The zero-order valence-electron chi connectivity index (χ0n) is 9.74. The predicted octanol–water partition coefficient (Wildman–Crippen LogP) is 2.47. The van der Waals surface area contributed by atoms with Gasteiger partial charge in [0.2, 0.25) is 0 Å². The first kappa shape index (κ1) is 13.8. The average Bonchev–Trinajstić information content (AvgIpc) is 2.30. The molecule has 0 aromatic carbocycles. The zero-order chi connectivity index (χ0) is 12.8. The van der Waals surface area contributed by atoms with Gasteiger partial charge in [-0.05, 0) is 18.7 Å². The Labute approximate surface area is 104 Å². The van der Waals surface area contributed by atoms with E-state index in [1.54, 1.807) is 11.8 Å². The second-order valence-corrected chi connectivity index (χ2v) is 4.86. The Hall–Kier alpha value is -1.30. The molecule has 1 atom stereocenters. The van der Waals surface area contributed by atoms with Crippen LogP contribution in [0.4, 0.5) is 10.2 Å². The second-order valence-electron chi connectivity index (χ2n) is 3.59. The summed E-state index contributed by atoms with van der Waals surface area (Å²) in [6.07, 6.45) is 4.15. The number of anilines is 1. The highest BCUT2D eigenvalue weighted by atomic mass is 32.2. The molecule has 1 unspecified atom stereocenters. The van der Waals surface area contributed by atoms with Crippen molar-refractivity contribution in [1.29, 1.82) is 0 Å². The third kappa shape index (κ3) is 3.89. The van der Waals surface area contributed by atoms with Crippen LogP contribution in [-0.2, 0) is 0 Å². The maximum atomic E-state index is 13.6. The number of nitrogens with one attached hydrogen (secondary N) is 1. The van der Waals surface area contributed by atoms with Crippen LogP contribution >= 0.6 is 11.8 Å². The number of carboxylic acids is 1. The van der Waals surface area contributed by atoms with Gasteiger partial charge in [-0.15, -0.1) is 0 Å². The largest absolute Gasteiger partial charge is 0.478 e. The molecule has 0 aliphatic carbocycles. The molecule has 6 heteroatoms. The van der Waals surface area contributed by atoms with Gasteiger partial charge in [0.15, 0.2) is 11.6 Å². The lowest BCUT2D eigenvalue weighted by atomic mass is 10.2. The summed E-state index contributed by atoms with van der Waals surface area (Å²) < 4.78 is 13.6. The van der Waals surface area contributed by atoms with Crippen LogP contribution in [0.1, 0.15) is 23.7 Å². The lowest BCUT2D eigenvalue weighted by molar-refractivity contribution is 0.0692. The number of hydrogen-bond acceptors (Lipinski definition) is 4. The molecule has 94 valence electrons. The summed E-state index contributed by atoms with van der Waals surface area (Å²) in [6.45, 7) is 2.64. The Morgan fingerprint density at radius 2 is 2.41 bits per heavy atom. The molecule has 0 spiro atoms. The molecule has 0 saturated heterocycles. The van der Waals surface area contributed by atoms with Crippen LogP contribution in [0.3, 0.4) is 0 Å². The minimum Gasteiger partial charge on any atom is -0.478 e. The van der Waals surface area contributed by atoms with Crippen LogP contribution in [-0.4, -0.2) is 34.1 Å². The smallest absolute Gasteiger partial charge is 0.338 e. The van der Waals surface area contributed by atoms with E-state index in [1.165, 1.54) is 6.20 Å². The Balaban J connectivity index is 2.66. The fraction of sp³-hybridized carbons (Fsp3) is 0.455. The normalized spacial score (nSPS) is 12.2. The average molecular weight is 258 g/mol. The second kappa shape index (κ2) is 6.44. The van der Waals surface area contributed by atoms with Gasteiger partial charge in [0.05, 0.1) is 0 Å². The summed E-state index contributed by atoms with van der Waals surface area (Å²) in [7, 11) is 0. The fourth-order valence-electron chi connectivity index (χ4n) is 1.24. The lowest BCUT2D eigenvalue weighted by Crippen LogP contribution is -2.12. The number of carbonyl (C=O) groups is 1. The molecule has 0 fully saturated rings. The number of pyridine rings is 1. The van der Waals surface area contributed by atoms with Gasteiger partial charge in [0.1, 0.15) is 5.56 Å². The number of hydrogen-bond donors (Lipinski definition) is 2. The first-order valence-electron chi connectivity index (χ1n) is 5.20. The summed E-state index contributed by atoms with van der Waals surface area (Å²) >= 11 is 1.72. The van der Waals surface area contributed by atoms with Gasteiger partial charge in [-0.3, -0.25) is 0 Å². The molecule has 0 saturated carbocycles. The van der Waals surface area contributed by atoms with Gasteiger partial charge in [0, 0.05) is 18.0 Å². The molecule has 1 aromatic rings. The third-order valence-electron chi connectivity index (χ3n) is 2.37. The summed E-state index contributed by atoms with van der Waals surface area (Å²) in [5.41, 5.74) is -0.361. The molecular formula is C11H15FN2O2S. The predicted molar refractivity (Wildman–Crippen MR) is 67.2 cm³/mol. The van der Waals surface area contributed by atoms with E-state index in [-0.39, 0.29) is 11.4 Å². The topological polar surface area (TPSA) is 62.2 Å². The number of halogens is 1. The van der Waals surface area contributed by atoms with Crippen molar-refractivity contribution >= 4 is 23.5 Å². The minimum absolute atomic E-state index is 0.00166. The molecule has 17 heavy (non-hydrogen) atoms. The Morgan fingerprint density at radius 3 is 3.00 bits per heavy atom. The van der Waals surface area contributed by atoms with Crippen molar-refractivity contribution in [2.24, 2.45) is 0 Å². The van der Waals surface area contributed by atoms with Gasteiger partial charge in [0.25, 0.3) is 0 Å². The van der Waals surface area contributed by atoms with E-state index in [0.29, 0.717) is 11.8 Å². The quantitative estimate of drug-likeness (QED) is 0.820. The third-order valence-corrected chi connectivity index (χ3v) is 3.41. The molecule has 1 heterocycles. The van der Waals surface area contributed by atoms with E-state index in [2.05, 4.69) is 17.2 Å². The summed E-state index contributed by atoms with van der Waals surface area (Å²) in [4.78, 5) is 14.5. The molecule has 2 N–H and O–H groups in total. The van der Waals surface area contributed by atoms with Gasteiger partial charge in [-0.2, -0.15) is 11.8 Å². The van der Waals surface area contributed by atoms with Crippen LogP contribution < -0.4 is 5.32 Å². The standard InChI is InChI=1S/C11H15FN2O2S/c1-7(17-2)3-5-13-10-9(12)8(11(15)16)4-6-14-10/h4,6-7H,3,5H2,1-2H3,(H,13,14)(H,15,16). The highest BCUT2D eigenvalue weighted by Gasteiger charge is 2.14. The van der Waals surface area contributed by atoms with Crippen molar-refractivity contribution < 1.29 is 14.3 Å². The molecule has 0 aliphatic rings. The van der Waals surface area contributed by atoms with E-state index < -0.39 is 11.8 Å². The number of rotatable bonds is 6. The lowest BCUT2D eigenvalue weighted by Gasteiger charge is -2.10. The first-order chi connectivity index (χ1) is 8.06. The molecule has 1 rings (SSSR count). The fourth-order valence-corrected chi connectivity index (χ4v) is 1.60. The molecule has 0 amide bonds. The molecule has 0 bridgehead atoms. The van der Waals surface area contributed by atoms with Crippen molar-refractivity contribution in [1.82, 2.24) is 4.98 Å². The van der Waals surface area contributed by atoms with Gasteiger partial charge >= 0.3 is 5.97 Å². The number of thioether (sulfide) groups is 1. The van der Waals surface area contributed by atoms with E-state index in [4.69, 9.17) is 5.11 Å². The van der Waals surface area contributed by atoms with Crippen LogP contribution in [0.5, 0.6) is 0 Å². The van der Waals surface area contributed by atoms with Gasteiger partial charge in [-0.1, -0.05) is 6.92 Å². The van der Waals surface area contributed by atoms with Crippen LogP contribution in [0.2, 0.25) is 0 Å². The Bertz CT molecular complexity index is 401. The molecular weight excluding hydrogens is 243 g/mol. The van der Waals surface area contributed by atoms with E-state index in [1.807, 2.05) is 6.26 Å².